The minimum Gasteiger partial charge on any atom is -0.338 e. The molecule has 2 aromatic carbocycles. The van der Waals surface area contributed by atoms with Crippen LogP contribution in [0.3, 0.4) is 0 Å². The van der Waals surface area contributed by atoms with E-state index in [1.54, 1.807) is 6.20 Å². The summed E-state index contributed by atoms with van der Waals surface area (Å²) in [6, 6.07) is 13.7. The molecule has 2 aromatic heterocycles. The summed E-state index contributed by atoms with van der Waals surface area (Å²) in [6.07, 6.45) is 5.01. The maximum Gasteiger partial charge on any atom is 0.276 e. The van der Waals surface area contributed by atoms with Gasteiger partial charge in [0.05, 0.1) is 23.3 Å². The molecule has 32 heavy (non-hydrogen) atoms. The predicted molar refractivity (Wildman–Crippen MR) is 121 cm³/mol. The van der Waals surface area contributed by atoms with Crippen LogP contribution in [-0.4, -0.2) is 49.8 Å². The van der Waals surface area contributed by atoms with Gasteiger partial charge in [-0.05, 0) is 43.2 Å². The Kier molecular flexibility index (Phi) is 3.98. The molecule has 0 bridgehead atoms. The van der Waals surface area contributed by atoms with Crippen LogP contribution in [0.25, 0.3) is 21.8 Å². The third-order valence-electron chi connectivity index (χ3n) is 6.75. The van der Waals surface area contributed by atoms with E-state index in [1.165, 1.54) is 6.08 Å². The van der Waals surface area contributed by atoms with Gasteiger partial charge in [0.1, 0.15) is 0 Å². The maximum absolute atomic E-state index is 13.1. The van der Waals surface area contributed by atoms with E-state index in [2.05, 4.69) is 22.1 Å². The van der Waals surface area contributed by atoms with Crippen molar-refractivity contribution in [2.45, 2.75) is 18.9 Å². The first-order valence-corrected chi connectivity index (χ1v) is 10.7. The molecular formula is C24H22N6O2. The zero-order chi connectivity index (χ0) is 21.9. The van der Waals surface area contributed by atoms with Crippen molar-refractivity contribution < 1.29 is 9.59 Å². The lowest BCUT2D eigenvalue weighted by molar-refractivity contribution is -0.148. The summed E-state index contributed by atoms with van der Waals surface area (Å²) >= 11 is 0. The third kappa shape index (κ3) is 2.83. The second kappa shape index (κ2) is 6.78. The molecule has 1 aliphatic carbocycles. The number of carbonyl (C=O) groups excluding carboxylic acids is 2. The lowest BCUT2D eigenvalue weighted by Crippen LogP contribution is -2.63. The number of aromatic amines is 1. The Morgan fingerprint density at radius 2 is 2.00 bits per heavy atom. The number of para-hydroxylation sites is 1. The number of likely N-dealkylation sites (tertiary alicyclic amines) is 1. The number of amides is 2. The number of aromatic nitrogens is 4. The molecule has 1 saturated heterocycles. The quantitative estimate of drug-likeness (QED) is 0.488. The van der Waals surface area contributed by atoms with Gasteiger partial charge in [0.15, 0.2) is 5.69 Å². The van der Waals surface area contributed by atoms with Crippen molar-refractivity contribution >= 4 is 39.3 Å². The third-order valence-corrected chi connectivity index (χ3v) is 6.75. The molecule has 2 N–H and O–H groups in total. The molecule has 3 heterocycles. The van der Waals surface area contributed by atoms with E-state index < -0.39 is 0 Å². The lowest BCUT2D eigenvalue weighted by Gasteiger charge is -2.58. The number of nitrogens with zero attached hydrogens (tertiary/aromatic N) is 4. The van der Waals surface area contributed by atoms with Crippen LogP contribution < -0.4 is 5.32 Å². The smallest absolute Gasteiger partial charge is 0.276 e. The summed E-state index contributed by atoms with van der Waals surface area (Å²) in [5, 5.41) is 16.4. The first-order valence-electron chi connectivity index (χ1n) is 10.7. The molecule has 8 heteroatoms. The molecule has 1 saturated carbocycles. The Balaban J connectivity index is 1.24. The number of nitrogens with one attached hydrogen (secondary N) is 2. The van der Waals surface area contributed by atoms with Gasteiger partial charge in [0.25, 0.3) is 5.91 Å². The molecule has 0 unspecified atom stereocenters. The molecule has 4 aromatic rings. The van der Waals surface area contributed by atoms with Crippen molar-refractivity contribution in [3.63, 3.8) is 0 Å². The highest BCUT2D eigenvalue weighted by molar-refractivity contribution is 6.11. The lowest BCUT2D eigenvalue weighted by atomic mass is 9.60. The van der Waals surface area contributed by atoms with Crippen LogP contribution in [0.1, 0.15) is 29.4 Å². The molecule has 160 valence electrons. The first-order chi connectivity index (χ1) is 15.5. The van der Waals surface area contributed by atoms with Gasteiger partial charge in [-0.25, -0.2) is 0 Å². The summed E-state index contributed by atoms with van der Waals surface area (Å²) in [7, 11) is 0. The fourth-order valence-electron chi connectivity index (χ4n) is 5.17. The minimum absolute atomic E-state index is 0.00354. The van der Waals surface area contributed by atoms with Gasteiger partial charge < -0.3 is 10.2 Å². The predicted octanol–water partition coefficient (Wildman–Crippen LogP) is 3.51. The molecule has 1 aliphatic heterocycles. The van der Waals surface area contributed by atoms with Crippen LogP contribution in [0.4, 0.5) is 5.69 Å². The average Bonchev–Trinajstić information content (AvgIpc) is 3.36. The van der Waals surface area contributed by atoms with Gasteiger partial charge >= 0.3 is 0 Å². The Morgan fingerprint density at radius 1 is 1.19 bits per heavy atom. The molecule has 0 radical (unpaired) electrons. The Morgan fingerprint density at radius 3 is 2.81 bits per heavy atom. The van der Waals surface area contributed by atoms with E-state index >= 15 is 0 Å². The van der Waals surface area contributed by atoms with Crippen LogP contribution in [-0.2, 0) is 4.79 Å². The molecule has 2 fully saturated rings. The zero-order valence-electron chi connectivity index (χ0n) is 17.4. The Bertz CT molecular complexity index is 1390. The number of H-pyrrole nitrogens is 1. The number of carbonyl (C=O) groups is 2. The van der Waals surface area contributed by atoms with Crippen LogP contribution >= 0.6 is 0 Å². The van der Waals surface area contributed by atoms with Gasteiger partial charge in [0.2, 0.25) is 5.91 Å². The highest BCUT2D eigenvalue weighted by atomic mass is 16.2. The Hall–Kier alpha value is -3.94. The summed E-state index contributed by atoms with van der Waals surface area (Å²) < 4.78 is 1.99. The van der Waals surface area contributed by atoms with E-state index in [0.29, 0.717) is 11.4 Å². The summed E-state index contributed by atoms with van der Waals surface area (Å²) in [6.45, 7) is 5.12. The first kappa shape index (κ1) is 18.8. The second-order valence-electron chi connectivity index (χ2n) is 8.90. The highest BCUT2D eigenvalue weighted by Gasteiger charge is 2.54. The molecule has 2 amide bonds. The van der Waals surface area contributed by atoms with Crippen molar-refractivity contribution in [1.29, 1.82) is 0 Å². The Labute approximate surface area is 183 Å². The normalized spacial score (nSPS) is 17.3. The van der Waals surface area contributed by atoms with Gasteiger partial charge in [-0.3, -0.25) is 19.4 Å². The summed E-state index contributed by atoms with van der Waals surface area (Å²) in [5.41, 5.74) is 3.18. The van der Waals surface area contributed by atoms with Crippen molar-refractivity contribution in [2.75, 3.05) is 18.4 Å². The zero-order valence-corrected chi connectivity index (χ0v) is 17.4. The second-order valence-corrected chi connectivity index (χ2v) is 8.90. The number of benzene rings is 2. The fraction of sp³-hybridized carbons (Fsp3) is 0.250. The van der Waals surface area contributed by atoms with Crippen LogP contribution in [0.15, 0.2) is 61.3 Å². The van der Waals surface area contributed by atoms with Crippen molar-refractivity contribution in [1.82, 2.24) is 24.9 Å². The van der Waals surface area contributed by atoms with E-state index in [0.717, 1.165) is 47.7 Å². The molecule has 8 nitrogen and oxygen atoms in total. The van der Waals surface area contributed by atoms with Crippen LogP contribution in [0, 0.1) is 5.41 Å². The number of fused-ring (bicyclic) bond motifs is 2. The summed E-state index contributed by atoms with van der Waals surface area (Å²) in [4.78, 5) is 26.7. The van der Waals surface area contributed by atoms with E-state index in [9.17, 15) is 9.59 Å². The van der Waals surface area contributed by atoms with Gasteiger partial charge in [-0.15, -0.1) is 0 Å². The minimum atomic E-state index is -0.233. The number of anilines is 1. The molecule has 6 rings (SSSR count). The topological polar surface area (TPSA) is 95.9 Å². The maximum atomic E-state index is 13.1. The van der Waals surface area contributed by atoms with Crippen molar-refractivity contribution in [3.8, 4) is 0 Å². The van der Waals surface area contributed by atoms with Gasteiger partial charge in [-0.2, -0.15) is 10.2 Å². The van der Waals surface area contributed by atoms with Crippen LogP contribution in [0.2, 0.25) is 0 Å². The number of rotatable bonds is 4. The molecule has 2 aliphatic rings. The largest absolute Gasteiger partial charge is 0.338 e. The van der Waals surface area contributed by atoms with E-state index in [1.807, 2.05) is 52.0 Å². The van der Waals surface area contributed by atoms with Crippen LogP contribution in [0.5, 0.6) is 0 Å². The van der Waals surface area contributed by atoms with Crippen molar-refractivity contribution in [3.05, 3.63) is 67.0 Å². The van der Waals surface area contributed by atoms with E-state index in [4.69, 9.17) is 5.10 Å². The fourth-order valence-corrected chi connectivity index (χ4v) is 5.17. The summed E-state index contributed by atoms with van der Waals surface area (Å²) in [5.74, 6) is -0.237. The number of hydrogen-bond donors (Lipinski definition) is 2. The highest BCUT2D eigenvalue weighted by Crippen LogP contribution is 2.54. The number of hydrogen-bond acceptors (Lipinski definition) is 4. The monoisotopic (exact) mass is 426 g/mol. The van der Waals surface area contributed by atoms with Gasteiger partial charge in [0, 0.05) is 35.0 Å². The standard InChI is InChI=1S/C24H22N6O2/c1-2-21(31)29-13-24(14-29)10-17(11-24)30-20-6-4-3-5-18(20)22(28-30)23(32)26-16-7-8-19-15(9-16)12-25-27-19/h2-9,12,17H,1,10-11,13-14H2,(H,25,27)(H,26,32). The molecule has 1 spiro atoms. The average molecular weight is 426 g/mol. The van der Waals surface area contributed by atoms with Gasteiger partial charge in [-0.1, -0.05) is 24.8 Å². The van der Waals surface area contributed by atoms with E-state index in [-0.39, 0.29) is 23.3 Å². The van der Waals surface area contributed by atoms with Crippen molar-refractivity contribution in [2.24, 2.45) is 5.41 Å². The SMILES string of the molecule is C=CC(=O)N1CC2(CC(n3nc(C(=O)Nc4ccc5[nH]ncc5c4)c4ccccc43)C2)C1. The molecular weight excluding hydrogens is 404 g/mol. The molecule has 0 atom stereocenters.